The minimum Gasteiger partial charge on any atom is -0.493 e. The predicted molar refractivity (Wildman–Crippen MR) is 110 cm³/mol. The van der Waals surface area contributed by atoms with E-state index in [1.54, 1.807) is 31.1 Å². The van der Waals surface area contributed by atoms with Gasteiger partial charge in [0.1, 0.15) is 0 Å². The summed E-state index contributed by atoms with van der Waals surface area (Å²) in [4.78, 5) is 19.2. The molecule has 1 aromatic heterocycles. The second-order valence-electron chi connectivity index (χ2n) is 7.79. The summed E-state index contributed by atoms with van der Waals surface area (Å²) in [5.74, 6) is 2.60. The lowest BCUT2D eigenvalue weighted by Crippen LogP contribution is -2.39. The van der Waals surface area contributed by atoms with Crippen molar-refractivity contribution in [1.82, 2.24) is 15.0 Å². The van der Waals surface area contributed by atoms with Crippen LogP contribution < -0.4 is 9.47 Å². The highest BCUT2D eigenvalue weighted by atomic mass is 35.5. The molecule has 0 spiro atoms. The van der Waals surface area contributed by atoms with Crippen LogP contribution in [-0.4, -0.2) is 47.8 Å². The van der Waals surface area contributed by atoms with E-state index in [2.05, 4.69) is 24.0 Å². The van der Waals surface area contributed by atoms with Crippen molar-refractivity contribution >= 4 is 17.5 Å². The van der Waals surface area contributed by atoms with Crippen molar-refractivity contribution in [1.29, 1.82) is 0 Å². The molecule has 158 valence electrons. The Kier molecular flexibility index (Phi) is 7.00. The SMILES string of the molecule is COc1cc(C(=O)N2CCCC(c3nc(C)no3)C2)cc(Cl)c1OCCC(C)C. The van der Waals surface area contributed by atoms with E-state index in [-0.39, 0.29) is 11.8 Å². The molecule has 1 aliphatic heterocycles. The van der Waals surface area contributed by atoms with Gasteiger partial charge in [-0.05, 0) is 44.2 Å². The van der Waals surface area contributed by atoms with Crippen molar-refractivity contribution in [2.45, 2.75) is 46.0 Å². The number of halogens is 1. The number of piperidine rings is 1. The lowest BCUT2D eigenvalue weighted by atomic mass is 9.97. The molecule has 0 radical (unpaired) electrons. The summed E-state index contributed by atoms with van der Waals surface area (Å²) < 4.78 is 16.6. The fourth-order valence-electron chi connectivity index (χ4n) is 3.40. The van der Waals surface area contributed by atoms with Crippen LogP contribution in [0.4, 0.5) is 0 Å². The van der Waals surface area contributed by atoms with E-state index in [1.807, 2.05) is 0 Å². The van der Waals surface area contributed by atoms with E-state index >= 15 is 0 Å². The highest BCUT2D eigenvalue weighted by Gasteiger charge is 2.29. The highest BCUT2D eigenvalue weighted by Crippen LogP contribution is 2.37. The summed E-state index contributed by atoms with van der Waals surface area (Å²) in [7, 11) is 1.55. The summed E-state index contributed by atoms with van der Waals surface area (Å²) in [5.41, 5.74) is 0.477. The van der Waals surface area contributed by atoms with E-state index in [1.165, 1.54) is 0 Å². The molecule has 29 heavy (non-hydrogen) atoms. The maximum Gasteiger partial charge on any atom is 0.254 e. The molecule has 1 amide bonds. The standard InChI is InChI=1S/C21H28ClN3O4/c1-13(2)7-9-28-19-17(22)10-16(11-18(19)27-4)21(26)25-8-5-6-15(12-25)20-23-14(3)24-29-20/h10-11,13,15H,5-9,12H2,1-4H3. The number of aryl methyl sites for hydroxylation is 1. The summed E-state index contributed by atoms with van der Waals surface area (Å²) in [5, 5.41) is 4.23. The van der Waals surface area contributed by atoms with E-state index in [0.717, 1.165) is 19.3 Å². The third-order valence-electron chi connectivity index (χ3n) is 5.02. The molecule has 2 aromatic rings. The average molecular weight is 422 g/mol. The fraction of sp³-hybridized carbons (Fsp3) is 0.571. The van der Waals surface area contributed by atoms with Gasteiger partial charge in [-0.25, -0.2) is 0 Å². The van der Waals surface area contributed by atoms with Gasteiger partial charge in [0.05, 0.1) is 24.7 Å². The zero-order valence-corrected chi connectivity index (χ0v) is 18.2. The molecule has 1 fully saturated rings. The first-order chi connectivity index (χ1) is 13.9. The normalized spacial score (nSPS) is 16.9. The number of nitrogens with zero attached hydrogens (tertiary/aromatic N) is 3. The number of carbonyl (C=O) groups excluding carboxylic acids is 1. The Hall–Kier alpha value is -2.28. The minimum absolute atomic E-state index is 0.0462. The predicted octanol–water partition coefficient (Wildman–Crippen LogP) is 4.48. The molecule has 1 aliphatic rings. The smallest absolute Gasteiger partial charge is 0.254 e. The van der Waals surface area contributed by atoms with Gasteiger partial charge in [-0.3, -0.25) is 4.79 Å². The van der Waals surface area contributed by atoms with Gasteiger partial charge in [0.15, 0.2) is 17.3 Å². The first kappa shape index (κ1) is 21.4. The van der Waals surface area contributed by atoms with Gasteiger partial charge in [-0.15, -0.1) is 0 Å². The Labute approximate surface area is 176 Å². The van der Waals surface area contributed by atoms with E-state index in [9.17, 15) is 4.79 Å². The molecule has 1 saturated heterocycles. The van der Waals surface area contributed by atoms with Crippen LogP contribution in [0.1, 0.15) is 61.1 Å². The van der Waals surface area contributed by atoms with Crippen LogP contribution in [0.3, 0.4) is 0 Å². The van der Waals surface area contributed by atoms with Crippen molar-refractivity contribution in [2.24, 2.45) is 5.92 Å². The van der Waals surface area contributed by atoms with Gasteiger partial charge in [-0.1, -0.05) is 30.6 Å². The van der Waals surface area contributed by atoms with Gasteiger partial charge in [-0.2, -0.15) is 4.98 Å². The highest BCUT2D eigenvalue weighted by molar-refractivity contribution is 6.32. The molecule has 0 bridgehead atoms. The summed E-state index contributed by atoms with van der Waals surface area (Å²) in [6, 6.07) is 3.34. The molecule has 8 heteroatoms. The number of carbonyl (C=O) groups is 1. The number of aromatic nitrogens is 2. The van der Waals surface area contributed by atoms with Crippen molar-refractivity contribution in [3.8, 4) is 11.5 Å². The second-order valence-corrected chi connectivity index (χ2v) is 8.20. The summed E-state index contributed by atoms with van der Waals surface area (Å²) in [6.45, 7) is 7.80. The molecule has 7 nitrogen and oxygen atoms in total. The molecule has 0 aliphatic carbocycles. The Morgan fingerprint density at radius 2 is 2.21 bits per heavy atom. The molecular formula is C21H28ClN3O4. The topological polar surface area (TPSA) is 77.7 Å². The first-order valence-corrected chi connectivity index (χ1v) is 10.4. The van der Waals surface area contributed by atoms with Gasteiger partial charge in [0.25, 0.3) is 5.91 Å². The van der Waals surface area contributed by atoms with E-state index in [0.29, 0.717) is 59.4 Å². The molecule has 0 saturated carbocycles. The van der Waals surface area contributed by atoms with Crippen molar-refractivity contribution < 1.29 is 18.8 Å². The first-order valence-electron chi connectivity index (χ1n) is 9.98. The van der Waals surface area contributed by atoms with Crippen LogP contribution in [0, 0.1) is 12.8 Å². The van der Waals surface area contributed by atoms with E-state index < -0.39 is 0 Å². The number of ether oxygens (including phenoxy) is 2. The number of methoxy groups -OCH3 is 1. The van der Waals surface area contributed by atoms with Crippen LogP contribution >= 0.6 is 11.6 Å². The number of hydrogen-bond donors (Lipinski definition) is 0. The van der Waals surface area contributed by atoms with Gasteiger partial charge < -0.3 is 18.9 Å². The van der Waals surface area contributed by atoms with Crippen molar-refractivity contribution in [3.63, 3.8) is 0 Å². The lowest BCUT2D eigenvalue weighted by molar-refractivity contribution is 0.0695. The fourth-order valence-corrected chi connectivity index (χ4v) is 3.67. The Balaban J connectivity index is 1.75. The van der Waals surface area contributed by atoms with Crippen LogP contribution in [0.2, 0.25) is 5.02 Å². The van der Waals surface area contributed by atoms with Crippen molar-refractivity contribution in [2.75, 3.05) is 26.8 Å². The quantitative estimate of drug-likeness (QED) is 0.655. The number of rotatable bonds is 7. The van der Waals surface area contributed by atoms with Crippen LogP contribution in [0.5, 0.6) is 11.5 Å². The number of hydrogen-bond acceptors (Lipinski definition) is 6. The van der Waals surface area contributed by atoms with Gasteiger partial charge in [0.2, 0.25) is 5.89 Å². The minimum atomic E-state index is -0.0973. The monoisotopic (exact) mass is 421 g/mol. The van der Waals surface area contributed by atoms with Gasteiger partial charge >= 0.3 is 0 Å². The number of amides is 1. The molecule has 2 heterocycles. The van der Waals surface area contributed by atoms with E-state index in [4.69, 9.17) is 25.6 Å². The average Bonchev–Trinajstić information content (AvgIpc) is 3.14. The summed E-state index contributed by atoms with van der Waals surface area (Å²) in [6.07, 6.45) is 2.70. The van der Waals surface area contributed by atoms with Crippen molar-refractivity contribution in [3.05, 3.63) is 34.4 Å². The second kappa shape index (κ2) is 9.48. The molecule has 0 N–H and O–H groups in total. The number of benzene rings is 1. The van der Waals surface area contributed by atoms with Crippen LogP contribution in [0.15, 0.2) is 16.7 Å². The largest absolute Gasteiger partial charge is 0.493 e. The Morgan fingerprint density at radius 3 is 2.86 bits per heavy atom. The summed E-state index contributed by atoms with van der Waals surface area (Å²) >= 11 is 6.43. The number of likely N-dealkylation sites (tertiary alicyclic amines) is 1. The molecule has 1 aromatic carbocycles. The third kappa shape index (κ3) is 5.21. The molecule has 3 rings (SSSR count). The van der Waals surface area contributed by atoms with Crippen LogP contribution in [0.25, 0.3) is 0 Å². The van der Waals surface area contributed by atoms with Gasteiger partial charge in [0, 0.05) is 18.7 Å². The maximum absolute atomic E-state index is 13.1. The Morgan fingerprint density at radius 1 is 1.41 bits per heavy atom. The zero-order chi connectivity index (χ0) is 21.0. The molecular weight excluding hydrogens is 394 g/mol. The molecule has 1 atom stereocenters. The maximum atomic E-state index is 13.1. The third-order valence-corrected chi connectivity index (χ3v) is 5.30. The zero-order valence-electron chi connectivity index (χ0n) is 17.4. The molecule has 1 unspecified atom stereocenters. The Bertz CT molecular complexity index is 852. The lowest BCUT2D eigenvalue weighted by Gasteiger charge is -2.31. The van der Waals surface area contributed by atoms with Crippen LogP contribution in [-0.2, 0) is 0 Å².